The molecule has 3 heterocycles. The zero-order chi connectivity index (χ0) is 24.3. The Kier molecular flexibility index (Phi) is 7.25. The van der Waals surface area contributed by atoms with E-state index in [1.807, 2.05) is 18.7 Å². The summed E-state index contributed by atoms with van der Waals surface area (Å²) < 4.78 is 17.3. The molecule has 0 aliphatic carbocycles. The number of halogens is 1. The van der Waals surface area contributed by atoms with Gasteiger partial charge in [0.2, 0.25) is 0 Å². The largest absolute Gasteiger partial charge is 0.493 e. The lowest BCUT2D eigenvalue weighted by Crippen LogP contribution is -2.57. The van der Waals surface area contributed by atoms with Crippen LogP contribution < -0.4 is 10.1 Å². The number of nitrogens with zero attached hydrogens (tertiary/aromatic N) is 3. The number of benzene rings is 1. The molecule has 2 aromatic heterocycles. The lowest BCUT2D eigenvalue weighted by molar-refractivity contribution is -0.121. The predicted octanol–water partition coefficient (Wildman–Crippen LogP) is 3.89. The molecule has 1 amide bonds. The topological polar surface area (TPSA) is 110 Å². The maximum Gasteiger partial charge on any atom is 0.296 e. The summed E-state index contributed by atoms with van der Waals surface area (Å²) >= 11 is 6.02. The van der Waals surface area contributed by atoms with Crippen LogP contribution in [0.2, 0.25) is 5.02 Å². The highest BCUT2D eigenvalue weighted by molar-refractivity contribution is 6.30. The highest BCUT2D eigenvalue weighted by Gasteiger charge is 2.39. The summed E-state index contributed by atoms with van der Waals surface area (Å²) in [6.45, 7) is 5.13. The van der Waals surface area contributed by atoms with Gasteiger partial charge in [-0.05, 0) is 37.6 Å². The van der Waals surface area contributed by atoms with E-state index < -0.39 is 5.60 Å². The molecule has 3 aromatic rings. The van der Waals surface area contributed by atoms with Crippen LogP contribution in [0.4, 0.5) is 6.01 Å². The van der Waals surface area contributed by atoms with Gasteiger partial charge in [0.25, 0.3) is 11.9 Å². The summed E-state index contributed by atoms with van der Waals surface area (Å²) in [7, 11) is 1.52. The van der Waals surface area contributed by atoms with Crippen LogP contribution >= 0.6 is 11.6 Å². The van der Waals surface area contributed by atoms with Crippen molar-refractivity contribution in [1.29, 1.82) is 0 Å². The number of ether oxygens (including phenoxy) is 2. The number of carbonyl (C=O) groups is 1. The van der Waals surface area contributed by atoms with Crippen LogP contribution in [0.3, 0.4) is 0 Å². The van der Waals surface area contributed by atoms with Gasteiger partial charge in [0.1, 0.15) is 5.52 Å². The van der Waals surface area contributed by atoms with Crippen LogP contribution in [0.1, 0.15) is 42.7 Å². The summed E-state index contributed by atoms with van der Waals surface area (Å²) in [5.74, 6) is 0.279. The van der Waals surface area contributed by atoms with E-state index in [-0.39, 0.29) is 24.6 Å². The third-order valence-electron chi connectivity index (χ3n) is 6.06. The van der Waals surface area contributed by atoms with Crippen LogP contribution in [-0.4, -0.2) is 64.4 Å². The molecule has 1 fully saturated rings. The number of oxazole rings is 1. The number of nitrogens with one attached hydrogen (secondary N) is 1. The van der Waals surface area contributed by atoms with Crippen molar-refractivity contribution in [2.24, 2.45) is 0 Å². The van der Waals surface area contributed by atoms with Gasteiger partial charge in [-0.2, -0.15) is 4.98 Å². The van der Waals surface area contributed by atoms with Gasteiger partial charge in [-0.25, -0.2) is 0 Å². The molecule has 1 saturated heterocycles. The summed E-state index contributed by atoms with van der Waals surface area (Å²) in [5, 5.41) is 13.1. The van der Waals surface area contributed by atoms with Crippen LogP contribution in [0.15, 0.2) is 34.9 Å². The van der Waals surface area contributed by atoms with Gasteiger partial charge < -0.3 is 29.2 Å². The van der Waals surface area contributed by atoms with Crippen molar-refractivity contribution >= 4 is 34.6 Å². The van der Waals surface area contributed by atoms with E-state index in [4.69, 9.17) is 25.5 Å². The molecule has 4 rings (SSSR count). The Morgan fingerprint density at radius 1 is 1.41 bits per heavy atom. The lowest BCUT2D eigenvalue weighted by Gasteiger charge is -2.45. The Morgan fingerprint density at radius 2 is 2.24 bits per heavy atom. The minimum Gasteiger partial charge on any atom is -0.493 e. The van der Waals surface area contributed by atoms with E-state index in [1.165, 1.54) is 7.11 Å². The van der Waals surface area contributed by atoms with Gasteiger partial charge in [-0.15, -0.1) is 0 Å². The molecular weight excluding hydrogens is 460 g/mol. The zero-order valence-corrected chi connectivity index (χ0v) is 20.3. The average Bonchev–Trinajstić information content (AvgIpc) is 3.25. The second-order valence-electron chi connectivity index (χ2n) is 8.59. The second-order valence-corrected chi connectivity index (χ2v) is 9.03. The van der Waals surface area contributed by atoms with Crippen LogP contribution in [0, 0.1) is 0 Å². The number of hydrogen-bond donors (Lipinski definition) is 2. The van der Waals surface area contributed by atoms with Crippen molar-refractivity contribution in [3.8, 4) is 5.75 Å². The minimum absolute atomic E-state index is 0.00543. The normalized spacial score (nSPS) is 20.5. The molecule has 2 N–H and O–H groups in total. The first-order valence-corrected chi connectivity index (χ1v) is 11.6. The monoisotopic (exact) mass is 488 g/mol. The van der Waals surface area contributed by atoms with Gasteiger partial charge in [0, 0.05) is 29.8 Å². The molecule has 2 atom stereocenters. The number of hydrogen-bond acceptors (Lipinski definition) is 8. The summed E-state index contributed by atoms with van der Waals surface area (Å²) in [5.41, 5.74) is 1.54. The van der Waals surface area contributed by atoms with E-state index in [2.05, 4.69) is 15.3 Å². The number of amides is 1. The number of fused-ring (bicyclic) bond motifs is 1. The molecule has 34 heavy (non-hydrogen) atoms. The number of pyridine rings is 1. The third kappa shape index (κ3) is 5.11. The number of aliphatic hydroxyl groups excluding tert-OH is 1. The number of anilines is 1. The zero-order valence-electron chi connectivity index (χ0n) is 19.5. The Balaban J connectivity index is 1.60. The summed E-state index contributed by atoms with van der Waals surface area (Å²) in [6, 6.07) is 7.07. The number of methoxy groups -OCH3 is 1. The predicted molar refractivity (Wildman–Crippen MR) is 128 cm³/mol. The van der Waals surface area contributed by atoms with Crippen molar-refractivity contribution in [2.45, 2.75) is 44.9 Å². The van der Waals surface area contributed by atoms with Gasteiger partial charge in [-0.1, -0.05) is 18.5 Å². The summed E-state index contributed by atoms with van der Waals surface area (Å²) in [4.78, 5) is 24.2. The number of aliphatic hydroxyl groups is 1. The van der Waals surface area contributed by atoms with Gasteiger partial charge in [0.15, 0.2) is 11.3 Å². The van der Waals surface area contributed by atoms with Crippen LogP contribution in [0.25, 0.3) is 11.1 Å². The smallest absolute Gasteiger partial charge is 0.296 e. The molecule has 1 aromatic carbocycles. The van der Waals surface area contributed by atoms with Crippen LogP contribution in [-0.2, 0) is 11.3 Å². The first kappa shape index (κ1) is 24.3. The Morgan fingerprint density at radius 3 is 2.94 bits per heavy atom. The van der Waals surface area contributed by atoms with Crippen LogP contribution in [0.5, 0.6) is 5.75 Å². The maximum absolute atomic E-state index is 13.6. The molecule has 0 spiro atoms. The van der Waals surface area contributed by atoms with E-state index in [0.717, 1.165) is 12.1 Å². The quantitative estimate of drug-likeness (QED) is 0.491. The van der Waals surface area contributed by atoms with E-state index in [0.29, 0.717) is 53.6 Å². The van der Waals surface area contributed by atoms with E-state index in [1.54, 1.807) is 30.5 Å². The van der Waals surface area contributed by atoms with Gasteiger partial charge in [0.05, 0.1) is 44.1 Å². The first-order valence-electron chi connectivity index (χ1n) is 11.2. The van der Waals surface area contributed by atoms with Gasteiger partial charge in [-0.3, -0.25) is 9.78 Å². The fourth-order valence-electron chi connectivity index (χ4n) is 4.12. The van der Waals surface area contributed by atoms with E-state index in [9.17, 15) is 9.90 Å². The molecule has 0 radical (unpaired) electrons. The molecule has 0 bridgehead atoms. The number of rotatable bonds is 8. The molecule has 1 aliphatic heterocycles. The lowest BCUT2D eigenvalue weighted by atomic mass is 9.96. The molecule has 0 saturated carbocycles. The Labute approximate surface area is 203 Å². The SMILES string of the molecule is CCC1COC(C)(CCO)CN1C(=O)c1cc(OC)c2oc(NCc3cc(Cl)ccn3)nc2c1. The number of carbonyl (C=O) groups excluding carboxylic acids is 1. The second kappa shape index (κ2) is 10.2. The summed E-state index contributed by atoms with van der Waals surface area (Å²) in [6.07, 6.45) is 2.85. The molecular formula is C24H29ClN4O5. The van der Waals surface area contributed by atoms with Crippen molar-refractivity contribution < 1.29 is 23.8 Å². The molecule has 10 heteroatoms. The minimum atomic E-state index is -0.594. The van der Waals surface area contributed by atoms with Crippen molar-refractivity contribution in [1.82, 2.24) is 14.9 Å². The Bertz CT molecular complexity index is 1170. The maximum atomic E-state index is 13.6. The van der Waals surface area contributed by atoms with Crippen molar-refractivity contribution in [3.63, 3.8) is 0 Å². The number of aromatic nitrogens is 2. The standard InChI is InChI=1S/C24H29ClN4O5/c1-4-18-13-33-24(2,6-8-30)14-29(18)22(31)15-9-19-21(20(10-15)32-3)34-23(28-19)27-12-17-11-16(25)5-7-26-17/h5,7,9-11,18,30H,4,6,8,12-14H2,1-3H3,(H,27,28). The van der Waals surface area contributed by atoms with E-state index >= 15 is 0 Å². The fourth-order valence-corrected chi connectivity index (χ4v) is 4.30. The average molecular weight is 489 g/mol. The molecule has 9 nitrogen and oxygen atoms in total. The highest BCUT2D eigenvalue weighted by Crippen LogP contribution is 2.33. The molecule has 182 valence electrons. The molecule has 2 unspecified atom stereocenters. The highest BCUT2D eigenvalue weighted by atomic mass is 35.5. The fraction of sp³-hybridized carbons (Fsp3) is 0.458. The Hall–Kier alpha value is -2.88. The third-order valence-corrected chi connectivity index (χ3v) is 6.30. The van der Waals surface area contributed by atoms with Gasteiger partial charge >= 0.3 is 0 Å². The first-order chi connectivity index (χ1) is 16.4. The molecule has 1 aliphatic rings. The number of morpholine rings is 1. The van der Waals surface area contributed by atoms with Crippen molar-refractivity contribution in [2.75, 3.05) is 32.2 Å². The van der Waals surface area contributed by atoms with Crippen molar-refractivity contribution in [3.05, 3.63) is 46.7 Å².